The number of amides is 4. The van der Waals surface area contributed by atoms with Gasteiger partial charge in [-0.2, -0.15) is 0 Å². The molecule has 2 aromatic carbocycles. The van der Waals surface area contributed by atoms with E-state index in [1.54, 1.807) is 28.3 Å². The monoisotopic (exact) mass is 618 g/mol. The number of hydrogen-bond acceptors (Lipinski definition) is 8. The van der Waals surface area contributed by atoms with Crippen LogP contribution in [0.15, 0.2) is 73.2 Å². The second-order valence-corrected chi connectivity index (χ2v) is 11.6. The lowest BCUT2D eigenvalue weighted by Gasteiger charge is -2.28. The van der Waals surface area contributed by atoms with Gasteiger partial charge in [-0.05, 0) is 55.3 Å². The molecule has 5 heterocycles. The molecule has 46 heavy (non-hydrogen) atoms. The van der Waals surface area contributed by atoms with Crippen LogP contribution in [-0.2, 0) is 16.1 Å². The highest BCUT2D eigenvalue weighted by molar-refractivity contribution is 5.96. The molecule has 12 nitrogen and oxygen atoms in total. The molecule has 3 aliphatic heterocycles. The predicted octanol–water partition coefficient (Wildman–Crippen LogP) is 4.81. The van der Waals surface area contributed by atoms with Crippen LogP contribution in [0.1, 0.15) is 37.0 Å². The van der Waals surface area contributed by atoms with Gasteiger partial charge in [0.05, 0.1) is 30.3 Å². The maximum atomic E-state index is 13.4. The van der Waals surface area contributed by atoms with Crippen LogP contribution in [0.5, 0.6) is 5.75 Å². The normalized spacial score (nSPS) is 17.1. The summed E-state index contributed by atoms with van der Waals surface area (Å²) in [5.41, 5.74) is 12.1. The third-order valence-corrected chi connectivity index (χ3v) is 8.49. The first-order chi connectivity index (χ1) is 22.4. The fourth-order valence-corrected chi connectivity index (χ4v) is 6.22. The molecule has 0 aliphatic carbocycles. The minimum Gasteiger partial charge on any atom is -0.485 e. The van der Waals surface area contributed by atoms with Crippen LogP contribution in [0.4, 0.5) is 33.4 Å². The van der Waals surface area contributed by atoms with Gasteiger partial charge < -0.3 is 30.9 Å². The smallest absolute Gasteiger partial charge is 0.324 e. The minimum absolute atomic E-state index is 0.0963. The molecule has 1 atom stereocenters. The quantitative estimate of drug-likeness (QED) is 0.255. The Balaban J connectivity index is 1.04. The van der Waals surface area contributed by atoms with E-state index in [1.165, 1.54) is 0 Å². The molecule has 2 fully saturated rings. The summed E-state index contributed by atoms with van der Waals surface area (Å²) < 4.78 is 6.30. The first-order valence-electron chi connectivity index (χ1n) is 15.3. The van der Waals surface area contributed by atoms with Gasteiger partial charge in [-0.1, -0.05) is 12.1 Å². The van der Waals surface area contributed by atoms with E-state index in [0.717, 1.165) is 46.7 Å². The summed E-state index contributed by atoms with van der Waals surface area (Å²) in [6, 6.07) is 17.0. The summed E-state index contributed by atoms with van der Waals surface area (Å²) in [5.74, 6) is 1.24. The number of carbonyl (C=O) groups is 3. The number of benzene rings is 2. The summed E-state index contributed by atoms with van der Waals surface area (Å²) >= 11 is 0. The fourth-order valence-electron chi connectivity index (χ4n) is 6.22. The summed E-state index contributed by atoms with van der Waals surface area (Å²) in [4.78, 5) is 51.7. The van der Waals surface area contributed by atoms with Crippen LogP contribution in [0.25, 0.3) is 11.1 Å². The maximum absolute atomic E-state index is 13.4. The van der Waals surface area contributed by atoms with Gasteiger partial charge in [-0.15, -0.1) is 0 Å². The van der Waals surface area contributed by atoms with Crippen LogP contribution in [0, 0.1) is 0 Å². The molecule has 0 radical (unpaired) electrons. The molecule has 0 spiro atoms. The molecule has 1 unspecified atom stereocenters. The average Bonchev–Trinajstić information content (AvgIpc) is 3.66. The van der Waals surface area contributed by atoms with Crippen molar-refractivity contribution in [2.45, 2.75) is 32.4 Å². The van der Waals surface area contributed by atoms with Crippen LogP contribution in [0.3, 0.4) is 0 Å². The van der Waals surface area contributed by atoms with E-state index in [4.69, 9.17) is 10.5 Å². The van der Waals surface area contributed by atoms with Crippen molar-refractivity contribution in [3.05, 3.63) is 84.3 Å². The van der Waals surface area contributed by atoms with Gasteiger partial charge in [0.2, 0.25) is 11.8 Å². The van der Waals surface area contributed by atoms with E-state index >= 15 is 0 Å². The molecule has 234 valence electrons. The molecular formula is C34H34N8O4. The van der Waals surface area contributed by atoms with Crippen molar-refractivity contribution in [3.8, 4) is 16.9 Å². The van der Waals surface area contributed by atoms with Crippen LogP contribution in [0.2, 0.25) is 0 Å². The first-order valence-corrected chi connectivity index (χ1v) is 15.3. The second kappa shape index (κ2) is 12.1. The number of ether oxygens (including phenoxy) is 1. The molecule has 4 aromatic rings. The van der Waals surface area contributed by atoms with E-state index in [1.807, 2.05) is 66.6 Å². The zero-order valence-corrected chi connectivity index (χ0v) is 25.4. The van der Waals surface area contributed by atoms with Crippen LogP contribution >= 0.6 is 0 Å². The first kappa shape index (κ1) is 29.2. The number of hydrogen-bond donors (Lipinski definition) is 3. The van der Waals surface area contributed by atoms with Gasteiger partial charge >= 0.3 is 6.03 Å². The molecule has 7 rings (SSSR count). The van der Waals surface area contributed by atoms with E-state index in [2.05, 4.69) is 20.6 Å². The van der Waals surface area contributed by atoms with Gasteiger partial charge in [0.25, 0.3) is 0 Å². The largest absolute Gasteiger partial charge is 0.485 e. The highest BCUT2D eigenvalue weighted by Gasteiger charge is 2.31. The van der Waals surface area contributed by atoms with Crippen molar-refractivity contribution in [1.82, 2.24) is 14.9 Å². The second-order valence-electron chi connectivity index (χ2n) is 11.6. The summed E-state index contributed by atoms with van der Waals surface area (Å²) in [6.07, 6.45) is 6.44. The number of nitrogens with one attached hydrogen (secondary N) is 2. The van der Waals surface area contributed by atoms with Gasteiger partial charge in [0, 0.05) is 72.9 Å². The Hall–Kier alpha value is -5.49. The number of fused-ring (bicyclic) bond motifs is 3. The van der Waals surface area contributed by atoms with Gasteiger partial charge in [0.1, 0.15) is 17.7 Å². The van der Waals surface area contributed by atoms with Crippen molar-refractivity contribution in [3.63, 3.8) is 0 Å². The Morgan fingerprint density at radius 1 is 0.957 bits per heavy atom. The van der Waals surface area contributed by atoms with Crippen molar-refractivity contribution in [2.24, 2.45) is 5.73 Å². The lowest BCUT2D eigenvalue weighted by molar-refractivity contribution is -0.117. The molecule has 2 saturated heterocycles. The van der Waals surface area contributed by atoms with Gasteiger partial charge in [0.15, 0.2) is 0 Å². The number of aromatic nitrogens is 2. The Bertz CT molecular complexity index is 1850. The number of rotatable bonds is 8. The van der Waals surface area contributed by atoms with E-state index in [0.29, 0.717) is 48.9 Å². The number of pyridine rings is 2. The molecule has 4 N–H and O–H groups in total. The number of urea groups is 1. The molecular weight excluding hydrogens is 584 g/mol. The van der Waals surface area contributed by atoms with Gasteiger partial charge in [-0.3, -0.25) is 19.5 Å². The standard InChI is InChI=1S/C34H34N8O4/c1-21-28-15-31(37-19-29(28)27-8-7-25(14-30(27)46-21)41-9-3-6-33(41)44)38-24-13-26(18-36-17-24)42-11-10-40(34(42)45)20-22-4-2-5-23(12-22)39-32(43)16-35/h2,4-5,7-8,12-15,17-19,21H,3,6,9-11,16,20,35H2,1H3,(H,37,38)(H,39,43). The highest BCUT2D eigenvalue weighted by atomic mass is 16.5. The minimum atomic E-state index is -0.272. The number of carbonyl (C=O) groups excluding carboxylic acids is 3. The Morgan fingerprint density at radius 2 is 1.85 bits per heavy atom. The number of nitrogens with zero attached hydrogens (tertiary/aromatic N) is 5. The molecule has 3 aliphatic rings. The topological polar surface area (TPSA) is 146 Å². The molecule has 2 aromatic heterocycles. The van der Waals surface area contributed by atoms with E-state index in [-0.39, 0.29) is 30.5 Å². The lowest BCUT2D eigenvalue weighted by atomic mass is 9.94. The predicted molar refractivity (Wildman–Crippen MR) is 175 cm³/mol. The zero-order valence-electron chi connectivity index (χ0n) is 25.4. The number of anilines is 5. The molecule has 0 bridgehead atoms. The van der Waals surface area contributed by atoms with Crippen molar-refractivity contribution >= 4 is 46.4 Å². The summed E-state index contributed by atoms with van der Waals surface area (Å²) in [5, 5.41) is 6.09. The zero-order chi connectivity index (χ0) is 31.8. The maximum Gasteiger partial charge on any atom is 0.324 e. The van der Waals surface area contributed by atoms with Crippen molar-refractivity contribution in [2.75, 3.05) is 46.6 Å². The Labute approximate surface area is 266 Å². The Morgan fingerprint density at radius 3 is 2.67 bits per heavy atom. The Kier molecular flexibility index (Phi) is 7.71. The number of nitrogens with two attached hydrogens (primary N) is 1. The average molecular weight is 619 g/mol. The SMILES string of the molecule is CC1Oc2cc(N3CCCC3=O)ccc2-c2cnc(Nc3cncc(N4CCN(Cc5cccc(NC(=O)CN)c5)C4=O)c3)cc21. The van der Waals surface area contributed by atoms with Gasteiger partial charge in [-0.25, -0.2) is 9.78 Å². The third-order valence-electron chi connectivity index (χ3n) is 8.49. The van der Waals surface area contributed by atoms with Crippen molar-refractivity contribution in [1.29, 1.82) is 0 Å². The molecule has 4 amide bonds. The van der Waals surface area contributed by atoms with Crippen molar-refractivity contribution < 1.29 is 19.1 Å². The van der Waals surface area contributed by atoms with Crippen LogP contribution < -0.4 is 30.9 Å². The van der Waals surface area contributed by atoms with E-state index in [9.17, 15) is 14.4 Å². The highest BCUT2D eigenvalue weighted by Crippen LogP contribution is 2.44. The third kappa shape index (κ3) is 5.70. The molecule has 12 heteroatoms. The molecule has 0 saturated carbocycles. The summed E-state index contributed by atoms with van der Waals surface area (Å²) in [7, 11) is 0. The fraction of sp³-hybridized carbons (Fsp3) is 0.265. The lowest BCUT2D eigenvalue weighted by Crippen LogP contribution is -2.31. The van der Waals surface area contributed by atoms with E-state index < -0.39 is 0 Å². The van der Waals surface area contributed by atoms with Crippen LogP contribution in [-0.4, -0.2) is 58.9 Å². The summed E-state index contributed by atoms with van der Waals surface area (Å²) in [6.45, 7) is 4.11.